The highest BCUT2D eigenvalue weighted by molar-refractivity contribution is 5.69. The standard InChI is InChI=1S/C31H48FNO2/c1-3-35-30(34)20-26-15-10-16-29(31(26)27-18-17-23(2)19-28(27)32)33(21-24-11-6-4-7-12-24)22-25-13-8-5-9-14-25/h17-19,24-26,29,31H,3-16,20-22H2,1-2H3. The van der Waals surface area contributed by atoms with Crippen molar-refractivity contribution in [3.05, 3.63) is 35.1 Å². The second-order valence-electron chi connectivity index (χ2n) is 11.8. The highest BCUT2D eigenvalue weighted by Crippen LogP contribution is 2.44. The van der Waals surface area contributed by atoms with Gasteiger partial charge in [-0.05, 0) is 87.3 Å². The number of halogens is 1. The molecule has 0 aromatic heterocycles. The van der Waals surface area contributed by atoms with E-state index in [1.807, 2.05) is 19.9 Å². The molecule has 3 fully saturated rings. The van der Waals surface area contributed by atoms with Crippen LogP contribution in [0.5, 0.6) is 0 Å². The third-order valence-corrected chi connectivity index (χ3v) is 9.15. The summed E-state index contributed by atoms with van der Waals surface area (Å²) in [5, 5.41) is 0. The van der Waals surface area contributed by atoms with Gasteiger partial charge in [0.25, 0.3) is 0 Å². The van der Waals surface area contributed by atoms with Crippen molar-refractivity contribution in [1.82, 2.24) is 4.90 Å². The second-order valence-corrected chi connectivity index (χ2v) is 11.8. The number of benzene rings is 1. The maximum absolute atomic E-state index is 15.5. The van der Waals surface area contributed by atoms with E-state index in [1.54, 1.807) is 6.07 Å². The third kappa shape index (κ3) is 7.31. The molecule has 0 spiro atoms. The van der Waals surface area contributed by atoms with Gasteiger partial charge < -0.3 is 4.74 Å². The molecular formula is C31H48FNO2. The molecule has 1 aromatic carbocycles. The van der Waals surface area contributed by atoms with E-state index in [-0.39, 0.29) is 23.6 Å². The first-order valence-corrected chi connectivity index (χ1v) is 14.7. The van der Waals surface area contributed by atoms with E-state index < -0.39 is 0 Å². The lowest BCUT2D eigenvalue weighted by Gasteiger charge is -2.47. The Bertz CT molecular complexity index is 779. The molecule has 196 valence electrons. The average Bonchev–Trinajstić information content (AvgIpc) is 2.85. The van der Waals surface area contributed by atoms with Gasteiger partial charge in [0.1, 0.15) is 5.82 Å². The van der Waals surface area contributed by atoms with Crippen LogP contribution in [0, 0.1) is 30.5 Å². The number of nitrogens with zero attached hydrogens (tertiary/aromatic N) is 1. The monoisotopic (exact) mass is 485 g/mol. The summed E-state index contributed by atoms with van der Waals surface area (Å²) < 4.78 is 20.9. The van der Waals surface area contributed by atoms with Gasteiger partial charge in [-0.1, -0.05) is 57.1 Å². The van der Waals surface area contributed by atoms with Crippen molar-refractivity contribution in [3.63, 3.8) is 0 Å². The van der Waals surface area contributed by atoms with Crippen LogP contribution in [-0.2, 0) is 9.53 Å². The normalized spacial score (nSPS) is 26.7. The fourth-order valence-corrected chi connectivity index (χ4v) is 7.45. The van der Waals surface area contributed by atoms with Crippen molar-refractivity contribution in [2.45, 2.75) is 116 Å². The lowest BCUT2D eigenvalue weighted by Crippen LogP contribution is -2.49. The summed E-state index contributed by atoms with van der Waals surface area (Å²) in [6.45, 7) is 6.54. The van der Waals surface area contributed by atoms with Crippen LogP contribution in [0.1, 0.15) is 114 Å². The quantitative estimate of drug-likeness (QED) is 0.334. The zero-order valence-corrected chi connectivity index (χ0v) is 22.3. The SMILES string of the molecule is CCOC(=O)CC1CCCC(N(CC2CCCCC2)CC2CCCCC2)C1c1ccc(C)cc1F. The number of hydrogen-bond acceptors (Lipinski definition) is 3. The number of carbonyl (C=O) groups excluding carboxylic acids is 1. The first-order chi connectivity index (χ1) is 17.0. The summed E-state index contributed by atoms with van der Waals surface area (Å²) in [6.07, 6.45) is 17.1. The molecule has 0 aliphatic heterocycles. The van der Waals surface area contributed by atoms with Crippen LogP contribution in [0.4, 0.5) is 4.39 Å². The Kier molecular flexibility index (Phi) is 10.1. The molecule has 0 heterocycles. The van der Waals surface area contributed by atoms with E-state index in [9.17, 15) is 4.79 Å². The number of esters is 1. The van der Waals surface area contributed by atoms with Crippen LogP contribution in [0.2, 0.25) is 0 Å². The number of rotatable bonds is 9. The van der Waals surface area contributed by atoms with Crippen molar-refractivity contribution >= 4 is 5.97 Å². The van der Waals surface area contributed by atoms with Crippen LogP contribution in [0.3, 0.4) is 0 Å². The van der Waals surface area contributed by atoms with Gasteiger partial charge in [0, 0.05) is 31.5 Å². The molecule has 0 bridgehead atoms. The molecule has 3 aliphatic carbocycles. The Balaban J connectivity index is 1.64. The van der Waals surface area contributed by atoms with E-state index in [4.69, 9.17) is 4.74 Å². The molecule has 4 rings (SSSR count). The first kappa shape index (κ1) is 26.6. The molecule has 3 unspecified atom stereocenters. The number of carbonyl (C=O) groups is 1. The Labute approximate surface area is 213 Å². The van der Waals surface area contributed by atoms with Crippen molar-refractivity contribution in [1.29, 1.82) is 0 Å². The number of ether oxygens (including phenoxy) is 1. The summed E-state index contributed by atoms with van der Waals surface area (Å²) in [4.78, 5) is 15.4. The Morgan fingerprint density at radius 2 is 1.54 bits per heavy atom. The van der Waals surface area contributed by atoms with Gasteiger partial charge in [-0.3, -0.25) is 9.69 Å². The van der Waals surface area contributed by atoms with Gasteiger partial charge in [0.15, 0.2) is 0 Å². The fourth-order valence-electron chi connectivity index (χ4n) is 7.45. The van der Waals surface area contributed by atoms with Gasteiger partial charge in [-0.2, -0.15) is 0 Å². The predicted molar refractivity (Wildman–Crippen MR) is 141 cm³/mol. The molecule has 35 heavy (non-hydrogen) atoms. The van der Waals surface area contributed by atoms with Crippen LogP contribution < -0.4 is 0 Å². The minimum Gasteiger partial charge on any atom is -0.466 e. The van der Waals surface area contributed by atoms with Crippen LogP contribution in [-0.4, -0.2) is 36.6 Å². The molecule has 3 atom stereocenters. The molecule has 4 heteroatoms. The Hall–Kier alpha value is -1.42. The first-order valence-electron chi connectivity index (χ1n) is 14.7. The molecule has 1 aromatic rings. The fraction of sp³-hybridized carbons (Fsp3) is 0.774. The summed E-state index contributed by atoms with van der Waals surface area (Å²) >= 11 is 0. The predicted octanol–water partition coefficient (Wildman–Crippen LogP) is 7.80. The van der Waals surface area contributed by atoms with Gasteiger partial charge in [-0.15, -0.1) is 0 Å². The highest BCUT2D eigenvalue weighted by Gasteiger charge is 2.41. The minimum atomic E-state index is -0.123. The molecule has 0 radical (unpaired) electrons. The molecular weight excluding hydrogens is 437 g/mol. The molecule has 0 amide bonds. The number of aryl methyl sites for hydroxylation is 1. The molecule has 3 saturated carbocycles. The van der Waals surface area contributed by atoms with Gasteiger partial charge in [-0.25, -0.2) is 4.39 Å². The molecule has 0 saturated heterocycles. The largest absolute Gasteiger partial charge is 0.466 e. The minimum absolute atomic E-state index is 0.0564. The molecule has 3 nitrogen and oxygen atoms in total. The Morgan fingerprint density at radius 1 is 0.914 bits per heavy atom. The summed E-state index contributed by atoms with van der Waals surface area (Å²) in [5.74, 6) is 1.52. The van der Waals surface area contributed by atoms with Crippen molar-refractivity contribution in [2.75, 3.05) is 19.7 Å². The van der Waals surface area contributed by atoms with Gasteiger partial charge in [0.05, 0.1) is 6.61 Å². The summed E-state index contributed by atoms with van der Waals surface area (Å²) in [6, 6.07) is 6.07. The highest BCUT2D eigenvalue weighted by atomic mass is 19.1. The lowest BCUT2D eigenvalue weighted by molar-refractivity contribution is -0.145. The average molecular weight is 486 g/mol. The van der Waals surface area contributed by atoms with Crippen molar-refractivity contribution in [3.8, 4) is 0 Å². The zero-order valence-electron chi connectivity index (χ0n) is 22.3. The molecule has 0 N–H and O–H groups in total. The van der Waals surface area contributed by atoms with Gasteiger partial charge >= 0.3 is 5.97 Å². The topological polar surface area (TPSA) is 29.5 Å². The van der Waals surface area contributed by atoms with Crippen LogP contribution in [0.15, 0.2) is 18.2 Å². The summed E-state index contributed by atoms with van der Waals surface area (Å²) in [5.41, 5.74) is 1.79. The van der Waals surface area contributed by atoms with Crippen molar-refractivity contribution in [2.24, 2.45) is 17.8 Å². The van der Waals surface area contributed by atoms with Crippen LogP contribution in [0.25, 0.3) is 0 Å². The number of hydrogen-bond donors (Lipinski definition) is 0. The lowest BCUT2D eigenvalue weighted by atomic mass is 9.69. The van der Waals surface area contributed by atoms with E-state index in [1.165, 1.54) is 64.2 Å². The van der Waals surface area contributed by atoms with E-state index in [2.05, 4.69) is 11.0 Å². The summed E-state index contributed by atoms with van der Waals surface area (Å²) in [7, 11) is 0. The maximum Gasteiger partial charge on any atom is 0.306 e. The van der Waals surface area contributed by atoms with Crippen LogP contribution >= 0.6 is 0 Å². The van der Waals surface area contributed by atoms with E-state index in [0.29, 0.717) is 19.1 Å². The van der Waals surface area contributed by atoms with E-state index >= 15 is 4.39 Å². The molecule has 3 aliphatic rings. The maximum atomic E-state index is 15.5. The third-order valence-electron chi connectivity index (χ3n) is 9.15. The van der Waals surface area contributed by atoms with Gasteiger partial charge in [0.2, 0.25) is 0 Å². The second kappa shape index (κ2) is 13.2. The Morgan fingerprint density at radius 3 is 2.11 bits per heavy atom. The van der Waals surface area contributed by atoms with E-state index in [0.717, 1.165) is 55.3 Å². The zero-order chi connectivity index (χ0) is 24.6. The van der Waals surface area contributed by atoms with Crippen molar-refractivity contribution < 1.29 is 13.9 Å². The smallest absolute Gasteiger partial charge is 0.306 e.